The summed E-state index contributed by atoms with van der Waals surface area (Å²) in [7, 11) is 0. The first-order valence-corrected chi connectivity index (χ1v) is 23.0. The lowest BCUT2D eigenvalue weighted by atomic mass is 10.0. The molecule has 0 amide bonds. The Labute approximate surface area is 323 Å². The highest BCUT2D eigenvalue weighted by Gasteiger charge is 2.19. The van der Waals surface area contributed by atoms with Gasteiger partial charge in [-0.1, -0.05) is 220 Å². The van der Waals surface area contributed by atoms with E-state index in [-0.39, 0.29) is 31.1 Å². The van der Waals surface area contributed by atoms with Crippen LogP contribution >= 0.6 is 0 Å². The summed E-state index contributed by atoms with van der Waals surface area (Å²) in [5, 5.41) is 0. The molecule has 0 aromatic carbocycles. The minimum Gasteiger partial charge on any atom is -0.462 e. The number of esters is 3. The SMILES string of the molecule is CCCCCCCCCCCCCCCCCC(=O)OC[C@H](COC(=O)CCCCCCC)OC(=O)CCCCCCCCCCCCCCCC. The van der Waals surface area contributed by atoms with Gasteiger partial charge in [-0.3, -0.25) is 14.4 Å². The van der Waals surface area contributed by atoms with Crippen molar-refractivity contribution in [2.75, 3.05) is 13.2 Å². The summed E-state index contributed by atoms with van der Waals surface area (Å²) in [6.45, 7) is 6.58. The fourth-order valence-electron chi connectivity index (χ4n) is 6.85. The van der Waals surface area contributed by atoms with Gasteiger partial charge in [-0.2, -0.15) is 0 Å². The van der Waals surface area contributed by atoms with Crippen molar-refractivity contribution in [3.05, 3.63) is 0 Å². The van der Waals surface area contributed by atoms with Gasteiger partial charge in [-0.05, 0) is 19.3 Å². The van der Waals surface area contributed by atoms with E-state index < -0.39 is 6.10 Å². The molecule has 0 aliphatic carbocycles. The Hall–Kier alpha value is -1.59. The van der Waals surface area contributed by atoms with Crippen LogP contribution in [0, 0.1) is 0 Å². The molecule has 308 valence electrons. The van der Waals surface area contributed by atoms with Gasteiger partial charge < -0.3 is 14.2 Å². The van der Waals surface area contributed by atoms with E-state index in [0.717, 1.165) is 64.2 Å². The van der Waals surface area contributed by atoms with Gasteiger partial charge in [0.1, 0.15) is 13.2 Å². The van der Waals surface area contributed by atoms with E-state index in [4.69, 9.17) is 14.2 Å². The van der Waals surface area contributed by atoms with Crippen LogP contribution in [-0.2, 0) is 28.6 Å². The highest BCUT2D eigenvalue weighted by molar-refractivity contribution is 5.71. The first-order chi connectivity index (χ1) is 25.5. The Balaban J connectivity index is 4.16. The molecule has 0 aromatic heterocycles. The van der Waals surface area contributed by atoms with E-state index in [1.807, 2.05) is 0 Å². The van der Waals surface area contributed by atoms with Crippen LogP contribution in [0.2, 0.25) is 0 Å². The smallest absolute Gasteiger partial charge is 0.306 e. The lowest BCUT2D eigenvalue weighted by Gasteiger charge is -2.18. The van der Waals surface area contributed by atoms with E-state index >= 15 is 0 Å². The van der Waals surface area contributed by atoms with Crippen molar-refractivity contribution in [3.8, 4) is 0 Å². The van der Waals surface area contributed by atoms with E-state index in [1.165, 1.54) is 154 Å². The summed E-state index contributed by atoms with van der Waals surface area (Å²) in [6, 6.07) is 0. The quantitative estimate of drug-likeness (QED) is 0.0353. The van der Waals surface area contributed by atoms with Crippen LogP contribution in [0.15, 0.2) is 0 Å². The zero-order valence-corrected chi connectivity index (χ0v) is 35.1. The summed E-state index contributed by atoms with van der Waals surface area (Å²) >= 11 is 0. The van der Waals surface area contributed by atoms with Crippen molar-refractivity contribution in [1.82, 2.24) is 0 Å². The van der Waals surface area contributed by atoms with Crippen molar-refractivity contribution < 1.29 is 28.6 Å². The number of carbonyl (C=O) groups excluding carboxylic acids is 3. The number of ether oxygens (including phenoxy) is 3. The minimum absolute atomic E-state index is 0.0637. The maximum absolute atomic E-state index is 12.7. The molecule has 6 nitrogen and oxygen atoms in total. The van der Waals surface area contributed by atoms with Crippen LogP contribution < -0.4 is 0 Å². The van der Waals surface area contributed by atoms with Crippen LogP contribution in [0.5, 0.6) is 0 Å². The Morgan fingerprint density at radius 2 is 0.519 bits per heavy atom. The molecule has 0 N–H and O–H groups in total. The molecule has 1 atom stereocenters. The largest absolute Gasteiger partial charge is 0.462 e. The molecule has 0 aromatic rings. The number of rotatable bonds is 42. The lowest BCUT2D eigenvalue weighted by molar-refractivity contribution is -0.167. The highest BCUT2D eigenvalue weighted by atomic mass is 16.6. The van der Waals surface area contributed by atoms with Crippen molar-refractivity contribution in [2.45, 2.75) is 264 Å². The monoisotopic (exact) mass is 737 g/mol. The molecule has 6 heteroatoms. The van der Waals surface area contributed by atoms with Crippen molar-refractivity contribution in [2.24, 2.45) is 0 Å². The Morgan fingerprint density at radius 1 is 0.308 bits per heavy atom. The normalized spacial score (nSPS) is 11.8. The molecule has 0 aliphatic heterocycles. The summed E-state index contributed by atoms with van der Waals surface area (Å²) in [6.07, 6.45) is 42.5. The molecule has 0 spiro atoms. The molecule has 0 fully saturated rings. The van der Waals surface area contributed by atoms with Gasteiger partial charge in [-0.15, -0.1) is 0 Å². The zero-order valence-electron chi connectivity index (χ0n) is 35.1. The third-order valence-corrected chi connectivity index (χ3v) is 10.4. The molecule has 0 aliphatic rings. The molecule has 0 rings (SSSR count). The van der Waals surface area contributed by atoms with Crippen molar-refractivity contribution >= 4 is 17.9 Å². The molecule has 0 radical (unpaired) electrons. The predicted molar refractivity (Wildman–Crippen MR) is 220 cm³/mol. The summed E-state index contributed by atoms with van der Waals surface area (Å²) < 4.78 is 16.6. The first kappa shape index (κ1) is 50.4. The molecule has 52 heavy (non-hydrogen) atoms. The second-order valence-corrected chi connectivity index (χ2v) is 15.7. The molecule has 0 bridgehead atoms. The van der Waals surface area contributed by atoms with Gasteiger partial charge in [0.05, 0.1) is 0 Å². The second kappa shape index (κ2) is 42.2. The summed E-state index contributed by atoms with van der Waals surface area (Å²) in [5.74, 6) is -0.864. The number of carbonyl (C=O) groups is 3. The average Bonchev–Trinajstić information content (AvgIpc) is 3.14. The highest BCUT2D eigenvalue weighted by Crippen LogP contribution is 2.16. The van der Waals surface area contributed by atoms with Crippen LogP contribution in [0.3, 0.4) is 0 Å². The lowest BCUT2D eigenvalue weighted by Crippen LogP contribution is -2.30. The standard InChI is InChI=1S/C46H88O6/c1-4-7-10-13-15-17-19-21-23-25-26-28-30-33-36-39-45(48)51-42-43(41-50-44(47)38-35-32-12-9-6-3)52-46(49)40-37-34-31-29-27-24-22-20-18-16-14-11-8-5-2/h43H,4-42H2,1-3H3/t43-/m0/s1. The van der Waals surface area contributed by atoms with Crippen molar-refractivity contribution in [1.29, 1.82) is 0 Å². The molecule has 0 saturated heterocycles. The molecular formula is C46H88O6. The average molecular weight is 737 g/mol. The maximum Gasteiger partial charge on any atom is 0.306 e. The Morgan fingerprint density at radius 3 is 0.769 bits per heavy atom. The van der Waals surface area contributed by atoms with Gasteiger partial charge in [0.15, 0.2) is 6.10 Å². The van der Waals surface area contributed by atoms with Gasteiger partial charge in [-0.25, -0.2) is 0 Å². The number of hydrogen-bond donors (Lipinski definition) is 0. The van der Waals surface area contributed by atoms with Crippen LogP contribution in [-0.4, -0.2) is 37.2 Å². The zero-order chi connectivity index (χ0) is 38.0. The molecule has 0 heterocycles. The van der Waals surface area contributed by atoms with E-state index in [9.17, 15) is 14.4 Å². The maximum atomic E-state index is 12.7. The van der Waals surface area contributed by atoms with Crippen molar-refractivity contribution in [3.63, 3.8) is 0 Å². The molecular weight excluding hydrogens is 648 g/mol. The third-order valence-electron chi connectivity index (χ3n) is 10.4. The third kappa shape index (κ3) is 39.6. The topological polar surface area (TPSA) is 78.9 Å². The predicted octanol–water partition coefficient (Wildman–Crippen LogP) is 14.5. The fourth-order valence-corrected chi connectivity index (χ4v) is 6.85. The van der Waals surface area contributed by atoms with Gasteiger partial charge in [0.25, 0.3) is 0 Å². The van der Waals surface area contributed by atoms with E-state index in [2.05, 4.69) is 20.8 Å². The van der Waals surface area contributed by atoms with Gasteiger partial charge in [0.2, 0.25) is 0 Å². The van der Waals surface area contributed by atoms with Gasteiger partial charge in [0, 0.05) is 19.3 Å². The Kier molecular flexibility index (Phi) is 40.9. The summed E-state index contributed by atoms with van der Waals surface area (Å²) in [4.78, 5) is 37.5. The number of unbranched alkanes of at least 4 members (excludes halogenated alkanes) is 31. The van der Waals surface area contributed by atoms with E-state index in [1.54, 1.807) is 0 Å². The fraction of sp³-hybridized carbons (Fsp3) is 0.935. The van der Waals surface area contributed by atoms with Crippen LogP contribution in [0.25, 0.3) is 0 Å². The van der Waals surface area contributed by atoms with Crippen LogP contribution in [0.4, 0.5) is 0 Å². The van der Waals surface area contributed by atoms with E-state index in [0.29, 0.717) is 19.3 Å². The second-order valence-electron chi connectivity index (χ2n) is 15.7. The first-order valence-electron chi connectivity index (χ1n) is 23.0. The molecule has 0 unspecified atom stereocenters. The number of hydrogen-bond acceptors (Lipinski definition) is 6. The van der Waals surface area contributed by atoms with Gasteiger partial charge >= 0.3 is 17.9 Å². The summed E-state index contributed by atoms with van der Waals surface area (Å²) in [5.41, 5.74) is 0. The van der Waals surface area contributed by atoms with Crippen LogP contribution in [0.1, 0.15) is 258 Å². The molecule has 0 saturated carbocycles. The Bertz CT molecular complexity index is 768. The minimum atomic E-state index is -0.756.